The Morgan fingerprint density at radius 1 is 1.20 bits per heavy atom. The second-order valence-electron chi connectivity index (χ2n) is 6.16. The summed E-state index contributed by atoms with van der Waals surface area (Å²) >= 11 is 0. The minimum atomic E-state index is -0.981. The van der Waals surface area contributed by atoms with Crippen molar-refractivity contribution in [1.82, 2.24) is 5.32 Å². The van der Waals surface area contributed by atoms with Gasteiger partial charge in [0.05, 0.1) is 5.56 Å². The van der Waals surface area contributed by atoms with Crippen LogP contribution in [-0.2, 0) is 0 Å². The number of aromatic carboxylic acids is 1. The molecule has 0 unspecified atom stereocenters. The minimum Gasteiger partial charge on any atom is -0.478 e. The van der Waals surface area contributed by atoms with Gasteiger partial charge in [0, 0.05) is 12.1 Å². The molecule has 0 radical (unpaired) electrons. The third-order valence-electron chi connectivity index (χ3n) is 3.82. The molecule has 1 fully saturated rings. The molecule has 1 aromatic carbocycles. The van der Waals surface area contributed by atoms with Crippen LogP contribution in [0, 0.1) is 11.3 Å². The van der Waals surface area contributed by atoms with Gasteiger partial charge in [-0.25, -0.2) is 4.79 Å². The molecule has 1 amide bonds. The monoisotopic (exact) mass is 275 g/mol. The Balaban J connectivity index is 1.90. The summed E-state index contributed by atoms with van der Waals surface area (Å²) in [6.07, 6.45) is 3.51. The zero-order valence-electron chi connectivity index (χ0n) is 12.0. The Labute approximate surface area is 119 Å². The fourth-order valence-electron chi connectivity index (χ4n) is 2.63. The summed E-state index contributed by atoms with van der Waals surface area (Å²) in [7, 11) is 0. The molecule has 0 heterocycles. The smallest absolute Gasteiger partial charge is 0.335 e. The lowest BCUT2D eigenvalue weighted by molar-refractivity contribution is 0.0696. The Morgan fingerprint density at radius 2 is 1.75 bits per heavy atom. The van der Waals surface area contributed by atoms with Gasteiger partial charge >= 0.3 is 5.97 Å². The predicted octanol–water partition coefficient (Wildman–Crippen LogP) is 2.94. The van der Waals surface area contributed by atoms with Crippen molar-refractivity contribution in [2.45, 2.75) is 33.1 Å². The number of amides is 1. The van der Waals surface area contributed by atoms with E-state index >= 15 is 0 Å². The molecular formula is C16H21NO3. The third kappa shape index (κ3) is 3.59. The first kappa shape index (κ1) is 14.6. The lowest BCUT2D eigenvalue weighted by atomic mass is 9.94. The van der Waals surface area contributed by atoms with Crippen LogP contribution in [0.15, 0.2) is 24.3 Å². The molecule has 4 nitrogen and oxygen atoms in total. The van der Waals surface area contributed by atoms with Gasteiger partial charge in [0.2, 0.25) is 0 Å². The minimum absolute atomic E-state index is 0.128. The van der Waals surface area contributed by atoms with E-state index in [1.165, 1.54) is 25.0 Å². The number of nitrogens with one attached hydrogen (secondary N) is 1. The molecule has 2 N–H and O–H groups in total. The summed E-state index contributed by atoms with van der Waals surface area (Å²) in [6, 6.07) is 6.03. The molecule has 20 heavy (non-hydrogen) atoms. The van der Waals surface area contributed by atoms with Crippen molar-refractivity contribution in [3.63, 3.8) is 0 Å². The molecule has 1 saturated carbocycles. The van der Waals surface area contributed by atoms with E-state index in [0.29, 0.717) is 23.4 Å². The average Bonchev–Trinajstić information content (AvgIpc) is 3.15. The number of carbonyl (C=O) groups excluding carboxylic acids is 1. The topological polar surface area (TPSA) is 66.4 Å². The standard InChI is InChI=1S/C16H21NO3/c1-11(2)9-16(7-8-16)10-17-14(18)12-3-5-13(6-4-12)15(19)20/h3-6,11H,7-10H2,1-2H3,(H,17,18)(H,19,20). The Kier molecular flexibility index (Phi) is 4.12. The van der Waals surface area contributed by atoms with E-state index in [1.807, 2.05) is 0 Å². The molecular weight excluding hydrogens is 254 g/mol. The van der Waals surface area contributed by atoms with Gasteiger partial charge in [0.25, 0.3) is 5.91 Å². The number of carbonyl (C=O) groups is 2. The summed E-state index contributed by atoms with van der Waals surface area (Å²) < 4.78 is 0. The Hall–Kier alpha value is -1.84. The molecule has 0 atom stereocenters. The van der Waals surface area contributed by atoms with Crippen LogP contribution in [0.4, 0.5) is 0 Å². The highest BCUT2D eigenvalue weighted by Crippen LogP contribution is 2.50. The van der Waals surface area contributed by atoms with Crippen LogP contribution in [0.1, 0.15) is 53.8 Å². The van der Waals surface area contributed by atoms with E-state index in [-0.39, 0.29) is 11.5 Å². The molecule has 2 rings (SSSR count). The number of hydrogen-bond donors (Lipinski definition) is 2. The second kappa shape index (κ2) is 5.65. The molecule has 0 bridgehead atoms. The van der Waals surface area contributed by atoms with Gasteiger partial charge in [0.1, 0.15) is 0 Å². The quantitative estimate of drug-likeness (QED) is 0.838. The fraction of sp³-hybridized carbons (Fsp3) is 0.500. The van der Waals surface area contributed by atoms with E-state index in [9.17, 15) is 9.59 Å². The van der Waals surface area contributed by atoms with Crippen LogP contribution in [0.5, 0.6) is 0 Å². The molecule has 0 aliphatic heterocycles. The number of benzene rings is 1. The first-order valence-electron chi connectivity index (χ1n) is 7.03. The summed E-state index contributed by atoms with van der Waals surface area (Å²) in [5.41, 5.74) is 1.00. The highest BCUT2D eigenvalue weighted by Gasteiger charge is 2.42. The fourth-order valence-corrected chi connectivity index (χ4v) is 2.63. The first-order valence-corrected chi connectivity index (χ1v) is 7.03. The molecule has 0 saturated heterocycles. The maximum Gasteiger partial charge on any atom is 0.335 e. The first-order chi connectivity index (χ1) is 9.42. The third-order valence-corrected chi connectivity index (χ3v) is 3.82. The summed E-state index contributed by atoms with van der Waals surface area (Å²) in [4.78, 5) is 22.8. The molecule has 0 aromatic heterocycles. The van der Waals surface area contributed by atoms with Crippen molar-refractivity contribution in [1.29, 1.82) is 0 Å². The van der Waals surface area contributed by atoms with E-state index < -0.39 is 5.97 Å². The van der Waals surface area contributed by atoms with Crippen molar-refractivity contribution in [2.75, 3.05) is 6.54 Å². The summed E-state index contributed by atoms with van der Waals surface area (Å²) in [5, 5.41) is 11.8. The normalized spacial score (nSPS) is 15.9. The number of hydrogen-bond acceptors (Lipinski definition) is 2. The van der Waals surface area contributed by atoms with Crippen molar-refractivity contribution < 1.29 is 14.7 Å². The molecule has 108 valence electrons. The summed E-state index contributed by atoms with van der Waals surface area (Å²) in [5.74, 6) is -0.466. The zero-order chi connectivity index (χ0) is 14.8. The SMILES string of the molecule is CC(C)CC1(CNC(=O)c2ccc(C(=O)O)cc2)CC1. The van der Waals surface area contributed by atoms with Gasteiger partial charge in [-0.1, -0.05) is 13.8 Å². The largest absolute Gasteiger partial charge is 0.478 e. The molecule has 1 aliphatic rings. The van der Waals surface area contributed by atoms with Crippen LogP contribution in [0.3, 0.4) is 0 Å². The van der Waals surface area contributed by atoms with Gasteiger partial charge in [-0.15, -0.1) is 0 Å². The number of carboxylic acids is 1. The highest BCUT2D eigenvalue weighted by atomic mass is 16.4. The van der Waals surface area contributed by atoms with Crippen molar-refractivity contribution in [3.05, 3.63) is 35.4 Å². The summed E-state index contributed by atoms with van der Waals surface area (Å²) in [6.45, 7) is 5.11. The van der Waals surface area contributed by atoms with Gasteiger partial charge in [0.15, 0.2) is 0 Å². The van der Waals surface area contributed by atoms with Gasteiger partial charge < -0.3 is 10.4 Å². The predicted molar refractivity (Wildman–Crippen MR) is 76.9 cm³/mol. The second-order valence-corrected chi connectivity index (χ2v) is 6.16. The van der Waals surface area contributed by atoms with E-state index in [0.717, 1.165) is 6.42 Å². The van der Waals surface area contributed by atoms with E-state index in [2.05, 4.69) is 19.2 Å². The maximum absolute atomic E-state index is 12.0. The van der Waals surface area contributed by atoms with Crippen LogP contribution < -0.4 is 5.32 Å². The van der Waals surface area contributed by atoms with Crippen LogP contribution in [0.25, 0.3) is 0 Å². The van der Waals surface area contributed by atoms with Crippen LogP contribution in [-0.4, -0.2) is 23.5 Å². The Morgan fingerprint density at radius 3 is 2.20 bits per heavy atom. The van der Waals surface area contributed by atoms with Gasteiger partial charge in [-0.05, 0) is 54.9 Å². The van der Waals surface area contributed by atoms with Gasteiger partial charge in [-0.3, -0.25) is 4.79 Å². The lowest BCUT2D eigenvalue weighted by Crippen LogP contribution is -2.30. The van der Waals surface area contributed by atoms with Gasteiger partial charge in [-0.2, -0.15) is 0 Å². The molecule has 4 heteroatoms. The average molecular weight is 275 g/mol. The molecule has 1 aliphatic carbocycles. The van der Waals surface area contributed by atoms with Crippen molar-refractivity contribution >= 4 is 11.9 Å². The zero-order valence-corrected chi connectivity index (χ0v) is 12.0. The Bertz CT molecular complexity index is 501. The highest BCUT2D eigenvalue weighted by molar-refractivity contribution is 5.95. The molecule has 1 aromatic rings. The van der Waals surface area contributed by atoms with E-state index in [4.69, 9.17) is 5.11 Å². The van der Waals surface area contributed by atoms with Crippen LogP contribution in [0.2, 0.25) is 0 Å². The molecule has 0 spiro atoms. The van der Waals surface area contributed by atoms with Crippen molar-refractivity contribution in [3.8, 4) is 0 Å². The van der Waals surface area contributed by atoms with E-state index in [1.54, 1.807) is 12.1 Å². The van der Waals surface area contributed by atoms with Crippen molar-refractivity contribution in [2.24, 2.45) is 11.3 Å². The number of rotatable bonds is 6. The van der Waals surface area contributed by atoms with Crippen LogP contribution >= 0.6 is 0 Å². The lowest BCUT2D eigenvalue weighted by Gasteiger charge is -2.18. The number of carboxylic acid groups (broad SMARTS) is 1. The maximum atomic E-state index is 12.0.